The minimum absolute atomic E-state index is 0.0903. The summed E-state index contributed by atoms with van der Waals surface area (Å²) in [6, 6.07) is 7.41. The summed E-state index contributed by atoms with van der Waals surface area (Å²) < 4.78 is 0. The van der Waals surface area contributed by atoms with Crippen molar-refractivity contribution in [3.8, 4) is 0 Å². The van der Waals surface area contributed by atoms with Crippen LogP contribution in [0.1, 0.15) is 19.8 Å². The highest BCUT2D eigenvalue weighted by Gasteiger charge is 2.23. The lowest BCUT2D eigenvalue weighted by Crippen LogP contribution is -2.42. The van der Waals surface area contributed by atoms with Gasteiger partial charge in [-0.3, -0.25) is 4.79 Å². The van der Waals surface area contributed by atoms with Crippen molar-refractivity contribution in [1.82, 2.24) is 4.90 Å². The van der Waals surface area contributed by atoms with Crippen LogP contribution in [0.15, 0.2) is 23.1 Å². The maximum atomic E-state index is 11.4. The van der Waals surface area contributed by atoms with Crippen molar-refractivity contribution in [1.29, 1.82) is 0 Å². The van der Waals surface area contributed by atoms with Gasteiger partial charge in [0.05, 0.1) is 11.4 Å². The molecule has 0 saturated carbocycles. The van der Waals surface area contributed by atoms with Crippen LogP contribution in [0, 0.1) is 0 Å². The molecule has 2 unspecified atom stereocenters. The van der Waals surface area contributed by atoms with Gasteiger partial charge in [-0.15, -0.1) is 11.8 Å². The van der Waals surface area contributed by atoms with Gasteiger partial charge in [-0.2, -0.15) is 0 Å². The van der Waals surface area contributed by atoms with E-state index in [0.29, 0.717) is 17.8 Å². The molecule has 0 spiro atoms. The highest BCUT2D eigenvalue weighted by Crippen LogP contribution is 2.34. The Kier molecular flexibility index (Phi) is 3.89. The zero-order valence-electron chi connectivity index (χ0n) is 12.0. The van der Waals surface area contributed by atoms with Gasteiger partial charge in [-0.05, 0) is 45.0 Å². The van der Waals surface area contributed by atoms with Gasteiger partial charge < -0.3 is 15.5 Å². The number of carbonyl (C=O) groups is 1. The zero-order chi connectivity index (χ0) is 14.1. The molecule has 5 heteroatoms. The Balaban J connectivity index is 1.69. The fraction of sp³-hybridized carbons (Fsp3) is 0.533. The van der Waals surface area contributed by atoms with Crippen LogP contribution in [0.3, 0.4) is 0 Å². The summed E-state index contributed by atoms with van der Waals surface area (Å²) in [5.74, 6) is 0.610. The first kappa shape index (κ1) is 13.8. The molecule has 0 aromatic heterocycles. The first-order valence-corrected chi connectivity index (χ1v) is 8.14. The highest BCUT2D eigenvalue weighted by atomic mass is 32.2. The molecule has 108 valence electrons. The van der Waals surface area contributed by atoms with Gasteiger partial charge >= 0.3 is 0 Å². The van der Waals surface area contributed by atoms with E-state index in [1.807, 2.05) is 0 Å². The number of nitrogens with one attached hydrogen (secondary N) is 2. The smallest absolute Gasteiger partial charge is 0.234 e. The van der Waals surface area contributed by atoms with E-state index in [0.717, 1.165) is 29.2 Å². The van der Waals surface area contributed by atoms with E-state index in [2.05, 4.69) is 47.7 Å². The molecular weight excluding hydrogens is 270 g/mol. The summed E-state index contributed by atoms with van der Waals surface area (Å²) in [5, 5.41) is 6.55. The second kappa shape index (κ2) is 5.66. The maximum Gasteiger partial charge on any atom is 0.234 e. The molecule has 0 bridgehead atoms. The van der Waals surface area contributed by atoms with Crippen molar-refractivity contribution < 1.29 is 4.79 Å². The Labute approximate surface area is 124 Å². The first-order valence-electron chi connectivity index (χ1n) is 7.15. The largest absolute Gasteiger partial charge is 0.382 e. The van der Waals surface area contributed by atoms with Crippen LogP contribution in [-0.4, -0.2) is 42.2 Å². The molecule has 2 heterocycles. The topological polar surface area (TPSA) is 44.4 Å². The van der Waals surface area contributed by atoms with Gasteiger partial charge in [-0.25, -0.2) is 0 Å². The van der Waals surface area contributed by atoms with E-state index < -0.39 is 0 Å². The lowest BCUT2D eigenvalue weighted by Gasteiger charge is -2.36. The second-order valence-electron chi connectivity index (χ2n) is 5.74. The minimum atomic E-state index is 0.0903. The Morgan fingerprint density at radius 1 is 1.45 bits per heavy atom. The van der Waals surface area contributed by atoms with E-state index in [1.165, 1.54) is 6.42 Å². The molecule has 2 aliphatic heterocycles. The summed E-state index contributed by atoms with van der Waals surface area (Å²) in [7, 11) is 2.19. The van der Waals surface area contributed by atoms with Crippen LogP contribution in [0.2, 0.25) is 0 Å². The van der Waals surface area contributed by atoms with Crippen molar-refractivity contribution >= 4 is 29.0 Å². The Morgan fingerprint density at radius 2 is 2.30 bits per heavy atom. The number of likely N-dealkylation sites (tertiary alicyclic amines) is 1. The van der Waals surface area contributed by atoms with Crippen molar-refractivity contribution in [2.75, 3.05) is 30.0 Å². The number of piperidine rings is 1. The van der Waals surface area contributed by atoms with E-state index in [-0.39, 0.29) is 5.91 Å². The van der Waals surface area contributed by atoms with Crippen LogP contribution >= 0.6 is 11.8 Å². The van der Waals surface area contributed by atoms with E-state index in [4.69, 9.17) is 0 Å². The number of hydrogen-bond acceptors (Lipinski definition) is 4. The molecular formula is C15H21N3OS. The Bertz CT molecular complexity index is 520. The predicted octanol–water partition coefficient (Wildman–Crippen LogP) is 2.63. The third-order valence-electron chi connectivity index (χ3n) is 4.19. The molecule has 1 amide bonds. The molecule has 1 aromatic rings. The molecule has 2 aliphatic rings. The molecule has 3 rings (SSSR count). The summed E-state index contributed by atoms with van der Waals surface area (Å²) in [6.45, 7) is 3.41. The number of hydrogen-bond donors (Lipinski definition) is 2. The molecule has 4 nitrogen and oxygen atoms in total. The third kappa shape index (κ3) is 2.94. The standard InChI is InChI=1S/C15H21N3OS/c1-10-7-12(5-6-18(10)2)16-11-3-4-14-13(8-11)17-15(19)9-20-14/h3-4,8,10,12,16H,5-7,9H2,1-2H3,(H,17,19). The minimum Gasteiger partial charge on any atom is -0.382 e. The number of nitrogens with zero attached hydrogens (tertiary/aromatic N) is 1. The van der Waals surface area contributed by atoms with Crippen molar-refractivity contribution in [2.45, 2.75) is 36.7 Å². The number of carbonyl (C=O) groups excluding carboxylic acids is 1. The predicted molar refractivity (Wildman–Crippen MR) is 84.5 cm³/mol. The number of benzene rings is 1. The van der Waals surface area contributed by atoms with Gasteiger partial charge in [0.25, 0.3) is 0 Å². The molecule has 1 saturated heterocycles. The lowest BCUT2D eigenvalue weighted by atomic mass is 9.98. The van der Waals surface area contributed by atoms with Gasteiger partial charge in [0.1, 0.15) is 0 Å². The molecule has 0 aliphatic carbocycles. The fourth-order valence-electron chi connectivity index (χ4n) is 2.83. The maximum absolute atomic E-state index is 11.4. The Morgan fingerprint density at radius 3 is 3.10 bits per heavy atom. The Hall–Kier alpha value is -1.20. The summed E-state index contributed by atoms with van der Waals surface area (Å²) in [6.07, 6.45) is 2.33. The van der Waals surface area contributed by atoms with Crippen LogP contribution in [0.4, 0.5) is 11.4 Å². The molecule has 2 N–H and O–H groups in total. The summed E-state index contributed by atoms with van der Waals surface area (Å²) >= 11 is 1.61. The van der Waals surface area contributed by atoms with Crippen LogP contribution in [0.25, 0.3) is 0 Å². The fourth-order valence-corrected chi connectivity index (χ4v) is 3.62. The quantitative estimate of drug-likeness (QED) is 0.879. The molecule has 2 atom stereocenters. The molecule has 1 fully saturated rings. The van der Waals surface area contributed by atoms with Crippen LogP contribution in [0.5, 0.6) is 0 Å². The van der Waals surface area contributed by atoms with Crippen molar-refractivity contribution in [2.24, 2.45) is 0 Å². The average molecular weight is 291 g/mol. The number of fused-ring (bicyclic) bond motifs is 1. The number of amides is 1. The van der Waals surface area contributed by atoms with E-state index in [1.54, 1.807) is 11.8 Å². The number of anilines is 2. The van der Waals surface area contributed by atoms with E-state index >= 15 is 0 Å². The van der Waals surface area contributed by atoms with Gasteiger partial charge in [0, 0.05) is 29.2 Å². The normalized spacial score (nSPS) is 26.8. The van der Waals surface area contributed by atoms with Crippen molar-refractivity contribution in [3.63, 3.8) is 0 Å². The first-order chi connectivity index (χ1) is 9.61. The van der Waals surface area contributed by atoms with Crippen molar-refractivity contribution in [3.05, 3.63) is 18.2 Å². The van der Waals surface area contributed by atoms with Crippen LogP contribution in [-0.2, 0) is 4.79 Å². The average Bonchev–Trinajstić information content (AvgIpc) is 2.42. The third-order valence-corrected chi connectivity index (χ3v) is 5.27. The number of thioether (sulfide) groups is 1. The molecule has 20 heavy (non-hydrogen) atoms. The molecule has 0 radical (unpaired) electrons. The summed E-state index contributed by atoms with van der Waals surface area (Å²) in [4.78, 5) is 15.0. The summed E-state index contributed by atoms with van der Waals surface area (Å²) in [5.41, 5.74) is 2.05. The monoisotopic (exact) mass is 291 g/mol. The lowest BCUT2D eigenvalue weighted by molar-refractivity contribution is -0.113. The SMILES string of the molecule is CC1CC(Nc2ccc3c(c2)NC(=O)CS3)CCN1C. The van der Waals surface area contributed by atoms with Gasteiger partial charge in [0.2, 0.25) is 5.91 Å². The van der Waals surface area contributed by atoms with Gasteiger partial charge in [0.15, 0.2) is 0 Å². The van der Waals surface area contributed by atoms with Crippen LogP contribution < -0.4 is 10.6 Å². The zero-order valence-corrected chi connectivity index (χ0v) is 12.8. The second-order valence-corrected chi connectivity index (χ2v) is 6.76. The van der Waals surface area contributed by atoms with Gasteiger partial charge in [-0.1, -0.05) is 0 Å². The highest BCUT2D eigenvalue weighted by molar-refractivity contribution is 8.00. The number of rotatable bonds is 2. The molecule has 1 aromatic carbocycles. The van der Waals surface area contributed by atoms with E-state index in [9.17, 15) is 4.79 Å².